The highest BCUT2D eigenvalue weighted by Crippen LogP contribution is 2.16. The van der Waals surface area contributed by atoms with Crippen molar-refractivity contribution in [3.05, 3.63) is 69.4 Å². The molecule has 0 atom stereocenters. The first-order valence-corrected chi connectivity index (χ1v) is 7.88. The molecular formula is C15H11BrClN5O. The number of halogens is 2. The molecule has 0 unspecified atom stereocenters. The fraction of sp³-hybridized carbons (Fsp3) is 0.0667. The zero-order valence-electron chi connectivity index (χ0n) is 11.8. The fourth-order valence-electron chi connectivity index (χ4n) is 2.02. The van der Waals surface area contributed by atoms with Crippen molar-refractivity contribution in [1.29, 1.82) is 0 Å². The molecule has 1 aromatic heterocycles. The van der Waals surface area contributed by atoms with Gasteiger partial charge in [0.1, 0.15) is 0 Å². The first-order chi connectivity index (χ1) is 11.1. The second kappa shape index (κ2) is 6.89. The summed E-state index contributed by atoms with van der Waals surface area (Å²) in [5, 5.41) is 14.7. The molecule has 0 radical (unpaired) electrons. The SMILES string of the molecule is O=C(NCc1nnnn1-c1cccc(Br)c1)c1ccccc1Cl. The maximum absolute atomic E-state index is 12.2. The molecule has 6 nitrogen and oxygen atoms in total. The Balaban J connectivity index is 1.76. The highest BCUT2D eigenvalue weighted by atomic mass is 79.9. The normalized spacial score (nSPS) is 10.5. The van der Waals surface area contributed by atoms with Crippen LogP contribution in [0.4, 0.5) is 0 Å². The van der Waals surface area contributed by atoms with Gasteiger partial charge in [0, 0.05) is 4.47 Å². The molecule has 8 heteroatoms. The summed E-state index contributed by atoms with van der Waals surface area (Å²) in [5.41, 5.74) is 1.21. The van der Waals surface area contributed by atoms with Gasteiger partial charge in [-0.3, -0.25) is 4.79 Å². The third kappa shape index (κ3) is 3.57. The van der Waals surface area contributed by atoms with E-state index < -0.39 is 0 Å². The molecule has 2 aromatic carbocycles. The summed E-state index contributed by atoms with van der Waals surface area (Å²) in [6, 6.07) is 14.4. The van der Waals surface area contributed by atoms with Gasteiger partial charge in [0.25, 0.3) is 5.91 Å². The lowest BCUT2D eigenvalue weighted by Crippen LogP contribution is -2.25. The Kier molecular flexibility index (Phi) is 4.68. The summed E-state index contributed by atoms with van der Waals surface area (Å²) < 4.78 is 2.48. The van der Waals surface area contributed by atoms with Crippen LogP contribution >= 0.6 is 27.5 Å². The lowest BCUT2D eigenvalue weighted by atomic mass is 10.2. The summed E-state index contributed by atoms with van der Waals surface area (Å²) in [6.45, 7) is 0.184. The van der Waals surface area contributed by atoms with Crippen LogP contribution in [0.2, 0.25) is 5.02 Å². The van der Waals surface area contributed by atoms with E-state index in [1.165, 1.54) is 0 Å². The highest BCUT2D eigenvalue weighted by molar-refractivity contribution is 9.10. The maximum Gasteiger partial charge on any atom is 0.253 e. The van der Waals surface area contributed by atoms with Crippen molar-refractivity contribution in [3.63, 3.8) is 0 Å². The maximum atomic E-state index is 12.2. The van der Waals surface area contributed by atoms with Gasteiger partial charge in [0.05, 0.1) is 22.8 Å². The minimum atomic E-state index is -0.278. The van der Waals surface area contributed by atoms with Crippen LogP contribution in [0.25, 0.3) is 5.69 Å². The minimum Gasteiger partial charge on any atom is -0.345 e. The van der Waals surface area contributed by atoms with E-state index in [2.05, 4.69) is 36.8 Å². The van der Waals surface area contributed by atoms with Crippen LogP contribution in [0.1, 0.15) is 16.2 Å². The predicted molar refractivity (Wildman–Crippen MR) is 89.5 cm³/mol. The molecule has 0 aliphatic carbocycles. The Morgan fingerprint density at radius 1 is 1.22 bits per heavy atom. The van der Waals surface area contributed by atoms with Crippen molar-refractivity contribution in [2.45, 2.75) is 6.54 Å². The van der Waals surface area contributed by atoms with Crippen LogP contribution in [0.3, 0.4) is 0 Å². The van der Waals surface area contributed by atoms with E-state index in [1.807, 2.05) is 24.3 Å². The lowest BCUT2D eigenvalue weighted by molar-refractivity contribution is 0.0950. The summed E-state index contributed by atoms with van der Waals surface area (Å²) in [5.74, 6) is 0.239. The van der Waals surface area contributed by atoms with Gasteiger partial charge in [-0.25, -0.2) is 0 Å². The number of rotatable bonds is 4. The highest BCUT2D eigenvalue weighted by Gasteiger charge is 2.13. The van der Waals surface area contributed by atoms with Gasteiger partial charge in [-0.1, -0.05) is 45.7 Å². The second-order valence-electron chi connectivity index (χ2n) is 4.65. The van der Waals surface area contributed by atoms with Gasteiger partial charge < -0.3 is 5.32 Å². The zero-order valence-corrected chi connectivity index (χ0v) is 14.1. The van der Waals surface area contributed by atoms with Gasteiger partial charge in [0.2, 0.25) is 0 Å². The molecule has 116 valence electrons. The van der Waals surface area contributed by atoms with E-state index in [4.69, 9.17) is 11.6 Å². The van der Waals surface area contributed by atoms with Crippen LogP contribution in [0.5, 0.6) is 0 Å². The van der Waals surface area contributed by atoms with Crippen LogP contribution < -0.4 is 5.32 Å². The largest absolute Gasteiger partial charge is 0.345 e. The smallest absolute Gasteiger partial charge is 0.253 e. The number of carbonyl (C=O) groups is 1. The number of nitrogens with zero attached hydrogens (tertiary/aromatic N) is 4. The average Bonchev–Trinajstić information content (AvgIpc) is 3.01. The topological polar surface area (TPSA) is 72.7 Å². The lowest BCUT2D eigenvalue weighted by Gasteiger charge is -2.07. The van der Waals surface area contributed by atoms with Gasteiger partial charge in [-0.15, -0.1) is 5.10 Å². The first-order valence-electron chi connectivity index (χ1n) is 6.71. The molecule has 0 saturated heterocycles. The molecule has 0 fully saturated rings. The third-order valence-electron chi connectivity index (χ3n) is 3.11. The van der Waals surface area contributed by atoms with Gasteiger partial charge in [-0.2, -0.15) is 4.68 Å². The van der Waals surface area contributed by atoms with Crippen LogP contribution in [0.15, 0.2) is 53.0 Å². The number of aromatic nitrogens is 4. The number of hydrogen-bond acceptors (Lipinski definition) is 4. The van der Waals surface area contributed by atoms with Gasteiger partial charge >= 0.3 is 0 Å². The number of benzene rings is 2. The summed E-state index contributed by atoms with van der Waals surface area (Å²) >= 11 is 9.42. The second-order valence-corrected chi connectivity index (χ2v) is 5.97. The van der Waals surface area contributed by atoms with E-state index >= 15 is 0 Å². The van der Waals surface area contributed by atoms with E-state index in [0.29, 0.717) is 16.4 Å². The Morgan fingerprint density at radius 2 is 2.04 bits per heavy atom. The molecule has 3 aromatic rings. The van der Waals surface area contributed by atoms with Crippen LogP contribution in [0, 0.1) is 0 Å². The summed E-state index contributed by atoms with van der Waals surface area (Å²) in [6.07, 6.45) is 0. The van der Waals surface area contributed by atoms with Crippen molar-refractivity contribution in [2.75, 3.05) is 0 Å². The van der Waals surface area contributed by atoms with E-state index in [1.54, 1.807) is 28.9 Å². The number of carbonyl (C=O) groups excluding carboxylic acids is 1. The molecule has 0 aliphatic heterocycles. The van der Waals surface area contributed by atoms with E-state index in [-0.39, 0.29) is 12.5 Å². The van der Waals surface area contributed by atoms with Crippen molar-refractivity contribution in [2.24, 2.45) is 0 Å². The standard InChI is InChI=1S/C15H11BrClN5O/c16-10-4-3-5-11(8-10)22-14(19-20-21-22)9-18-15(23)12-6-1-2-7-13(12)17/h1-8H,9H2,(H,18,23). The first kappa shape index (κ1) is 15.6. The molecule has 0 saturated carbocycles. The van der Waals surface area contributed by atoms with E-state index in [0.717, 1.165) is 10.2 Å². The zero-order chi connectivity index (χ0) is 16.2. The Hall–Kier alpha value is -2.25. The average molecular weight is 393 g/mol. The van der Waals surface area contributed by atoms with Crippen LogP contribution in [-0.4, -0.2) is 26.1 Å². The van der Waals surface area contributed by atoms with E-state index in [9.17, 15) is 4.79 Å². The minimum absolute atomic E-state index is 0.184. The van der Waals surface area contributed by atoms with Gasteiger partial charge in [-0.05, 0) is 40.8 Å². The summed E-state index contributed by atoms with van der Waals surface area (Å²) in [7, 11) is 0. The predicted octanol–water partition coefficient (Wildman–Crippen LogP) is 3.01. The fourth-order valence-corrected chi connectivity index (χ4v) is 2.63. The number of amides is 1. The summed E-state index contributed by atoms with van der Waals surface area (Å²) in [4.78, 5) is 12.2. The van der Waals surface area contributed by atoms with Gasteiger partial charge in [0.15, 0.2) is 5.82 Å². The number of hydrogen-bond donors (Lipinski definition) is 1. The molecule has 0 bridgehead atoms. The van der Waals surface area contributed by atoms with Crippen molar-refractivity contribution < 1.29 is 4.79 Å². The molecule has 1 heterocycles. The molecule has 0 aliphatic rings. The number of nitrogens with one attached hydrogen (secondary N) is 1. The Bertz CT molecular complexity index is 851. The van der Waals surface area contributed by atoms with Crippen molar-refractivity contribution in [1.82, 2.24) is 25.5 Å². The molecule has 1 amide bonds. The Labute approximate surface area is 145 Å². The molecule has 0 spiro atoms. The number of tetrazole rings is 1. The quantitative estimate of drug-likeness (QED) is 0.741. The molecule has 23 heavy (non-hydrogen) atoms. The third-order valence-corrected chi connectivity index (χ3v) is 3.94. The van der Waals surface area contributed by atoms with Crippen molar-refractivity contribution >= 4 is 33.4 Å². The van der Waals surface area contributed by atoms with Crippen molar-refractivity contribution in [3.8, 4) is 5.69 Å². The van der Waals surface area contributed by atoms with Crippen LogP contribution in [-0.2, 0) is 6.54 Å². The molecular weight excluding hydrogens is 382 g/mol. The Morgan fingerprint density at radius 3 is 2.83 bits per heavy atom. The monoisotopic (exact) mass is 391 g/mol. The molecule has 1 N–H and O–H groups in total. The molecule has 3 rings (SSSR count).